The molecule has 0 aliphatic rings. The molecule has 2 aromatic rings. The zero-order valence-electron chi connectivity index (χ0n) is 13.3. The Bertz CT molecular complexity index is 644. The summed E-state index contributed by atoms with van der Waals surface area (Å²) in [5.74, 6) is 0.687. The fourth-order valence-electron chi connectivity index (χ4n) is 2.10. The number of ketones is 1. The average molecular weight is 328 g/mol. The highest BCUT2D eigenvalue weighted by atomic mass is 32.2. The van der Waals surface area contributed by atoms with Crippen molar-refractivity contribution in [3.05, 3.63) is 71.6 Å². The van der Waals surface area contributed by atoms with Crippen LogP contribution in [0.3, 0.4) is 0 Å². The minimum absolute atomic E-state index is 0.122. The van der Waals surface area contributed by atoms with E-state index in [4.69, 9.17) is 0 Å². The third-order valence-electron chi connectivity index (χ3n) is 3.45. The Hall–Kier alpha value is -1.87. The summed E-state index contributed by atoms with van der Waals surface area (Å²) in [4.78, 5) is 13.2. The number of halogens is 1. The van der Waals surface area contributed by atoms with Crippen LogP contribution in [0.15, 0.2) is 59.5 Å². The second-order valence-corrected chi connectivity index (χ2v) is 6.50. The normalized spacial score (nSPS) is 11.0. The van der Waals surface area contributed by atoms with Crippen molar-refractivity contribution in [3.63, 3.8) is 0 Å². The van der Waals surface area contributed by atoms with Gasteiger partial charge in [-0.15, -0.1) is 11.8 Å². The predicted octanol–water partition coefficient (Wildman–Crippen LogP) is 6.00. The molecule has 120 valence electrons. The average Bonchev–Trinajstić information content (AvgIpc) is 2.58. The van der Waals surface area contributed by atoms with E-state index in [0.717, 1.165) is 11.3 Å². The van der Waals surface area contributed by atoms with Gasteiger partial charge in [-0.1, -0.05) is 38.0 Å². The van der Waals surface area contributed by atoms with Crippen LogP contribution in [0.2, 0.25) is 0 Å². The van der Waals surface area contributed by atoms with Gasteiger partial charge >= 0.3 is 0 Å². The molecule has 0 aliphatic carbocycles. The molecule has 0 atom stereocenters. The van der Waals surface area contributed by atoms with E-state index in [1.165, 1.54) is 54.5 Å². The Labute approximate surface area is 141 Å². The lowest BCUT2D eigenvalue weighted by molar-refractivity contribution is 0.104. The molecule has 0 radical (unpaired) electrons. The van der Waals surface area contributed by atoms with Crippen LogP contribution in [0.4, 0.5) is 4.39 Å². The Balaban J connectivity index is 1.89. The van der Waals surface area contributed by atoms with Crippen molar-refractivity contribution < 1.29 is 9.18 Å². The van der Waals surface area contributed by atoms with E-state index in [9.17, 15) is 9.18 Å². The molecule has 0 heterocycles. The van der Waals surface area contributed by atoms with Crippen molar-refractivity contribution in [1.82, 2.24) is 0 Å². The molecule has 0 fully saturated rings. The van der Waals surface area contributed by atoms with Gasteiger partial charge in [0.2, 0.25) is 0 Å². The van der Waals surface area contributed by atoms with Gasteiger partial charge in [0.05, 0.1) is 0 Å². The minimum Gasteiger partial charge on any atom is -0.289 e. The molecule has 0 saturated heterocycles. The molecule has 0 N–H and O–H groups in total. The first kappa shape index (κ1) is 17.5. The Morgan fingerprint density at radius 3 is 2.39 bits per heavy atom. The van der Waals surface area contributed by atoms with Gasteiger partial charge in [-0.2, -0.15) is 0 Å². The number of carbonyl (C=O) groups excluding carboxylic acids is 1. The van der Waals surface area contributed by atoms with Gasteiger partial charge in [-0.3, -0.25) is 4.79 Å². The number of unbranched alkanes of at least 4 members (excludes halogenated alkanes) is 2. The maximum absolute atomic E-state index is 12.8. The molecule has 1 nitrogen and oxygen atoms in total. The second kappa shape index (κ2) is 9.31. The van der Waals surface area contributed by atoms with Gasteiger partial charge in [0.25, 0.3) is 0 Å². The number of thioether (sulfide) groups is 1. The van der Waals surface area contributed by atoms with Gasteiger partial charge in [-0.25, -0.2) is 4.39 Å². The fourth-order valence-corrected chi connectivity index (χ4v) is 3.01. The second-order valence-electron chi connectivity index (χ2n) is 5.33. The number of rotatable bonds is 8. The van der Waals surface area contributed by atoms with Crippen molar-refractivity contribution in [2.24, 2.45) is 0 Å². The van der Waals surface area contributed by atoms with Gasteiger partial charge in [-0.05, 0) is 60.2 Å². The van der Waals surface area contributed by atoms with Crippen LogP contribution in [0.5, 0.6) is 0 Å². The Morgan fingerprint density at radius 2 is 1.74 bits per heavy atom. The molecule has 2 aromatic carbocycles. The molecular formula is C20H21FOS. The Kier molecular flexibility index (Phi) is 7.08. The summed E-state index contributed by atoms with van der Waals surface area (Å²) in [6, 6.07) is 13.8. The monoisotopic (exact) mass is 328 g/mol. The SMILES string of the molecule is CCCCCSc1ccc(C=CC(=O)c2ccc(F)cc2)cc1. The van der Waals surface area contributed by atoms with E-state index in [1.54, 1.807) is 6.08 Å². The fraction of sp³-hybridized carbons (Fsp3) is 0.250. The molecule has 0 unspecified atom stereocenters. The molecule has 0 aliphatic heterocycles. The summed E-state index contributed by atoms with van der Waals surface area (Å²) in [6.07, 6.45) is 7.08. The molecule has 0 amide bonds. The van der Waals surface area contributed by atoms with Crippen molar-refractivity contribution in [2.45, 2.75) is 31.1 Å². The molecule has 0 saturated carbocycles. The maximum Gasteiger partial charge on any atom is 0.185 e. The van der Waals surface area contributed by atoms with Crippen molar-refractivity contribution >= 4 is 23.6 Å². The summed E-state index contributed by atoms with van der Waals surface area (Å²) in [7, 11) is 0. The highest BCUT2D eigenvalue weighted by Crippen LogP contribution is 2.20. The van der Waals surface area contributed by atoms with Crippen LogP contribution in [0.1, 0.15) is 42.1 Å². The number of hydrogen-bond donors (Lipinski definition) is 0. The van der Waals surface area contributed by atoms with E-state index < -0.39 is 0 Å². The van der Waals surface area contributed by atoms with E-state index in [-0.39, 0.29) is 11.6 Å². The van der Waals surface area contributed by atoms with E-state index in [2.05, 4.69) is 19.1 Å². The van der Waals surface area contributed by atoms with Crippen molar-refractivity contribution in [2.75, 3.05) is 5.75 Å². The van der Waals surface area contributed by atoms with E-state index in [1.807, 2.05) is 23.9 Å². The summed E-state index contributed by atoms with van der Waals surface area (Å²) in [5, 5.41) is 0. The van der Waals surface area contributed by atoms with Crippen LogP contribution in [-0.2, 0) is 0 Å². The smallest absolute Gasteiger partial charge is 0.185 e. The molecule has 0 spiro atoms. The number of carbonyl (C=O) groups is 1. The summed E-state index contributed by atoms with van der Waals surface area (Å²) in [6.45, 7) is 2.21. The summed E-state index contributed by atoms with van der Waals surface area (Å²) < 4.78 is 12.8. The minimum atomic E-state index is -0.336. The standard InChI is InChI=1S/C20H21FOS/c1-2-3-4-15-23-19-12-5-16(6-13-19)7-14-20(22)17-8-10-18(21)11-9-17/h5-14H,2-4,15H2,1H3. The number of benzene rings is 2. The highest BCUT2D eigenvalue weighted by molar-refractivity contribution is 7.99. The van der Waals surface area contributed by atoms with Crippen molar-refractivity contribution in [1.29, 1.82) is 0 Å². The maximum atomic E-state index is 12.8. The number of hydrogen-bond acceptors (Lipinski definition) is 2. The van der Waals surface area contributed by atoms with Crippen LogP contribution in [0.25, 0.3) is 6.08 Å². The van der Waals surface area contributed by atoms with E-state index >= 15 is 0 Å². The van der Waals surface area contributed by atoms with Gasteiger partial charge < -0.3 is 0 Å². The number of allylic oxidation sites excluding steroid dienone is 1. The van der Waals surface area contributed by atoms with Gasteiger partial charge in [0.1, 0.15) is 5.82 Å². The largest absolute Gasteiger partial charge is 0.289 e. The predicted molar refractivity (Wildman–Crippen MR) is 96.5 cm³/mol. The topological polar surface area (TPSA) is 17.1 Å². The molecule has 2 rings (SSSR count). The van der Waals surface area contributed by atoms with E-state index in [0.29, 0.717) is 5.56 Å². The molecule has 3 heteroatoms. The third kappa shape index (κ3) is 6.03. The third-order valence-corrected chi connectivity index (χ3v) is 4.55. The highest BCUT2D eigenvalue weighted by Gasteiger charge is 2.01. The first-order valence-corrected chi connectivity index (χ1v) is 8.88. The lowest BCUT2D eigenvalue weighted by Gasteiger charge is -2.02. The van der Waals surface area contributed by atoms with Crippen LogP contribution < -0.4 is 0 Å². The zero-order chi connectivity index (χ0) is 16.5. The first-order valence-electron chi connectivity index (χ1n) is 7.90. The van der Waals surface area contributed by atoms with Crippen LogP contribution in [-0.4, -0.2) is 11.5 Å². The van der Waals surface area contributed by atoms with Crippen LogP contribution in [0, 0.1) is 5.82 Å². The lowest BCUT2D eigenvalue weighted by atomic mass is 10.1. The van der Waals surface area contributed by atoms with Crippen LogP contribution >= 0.6 is 11.8 Å². The quantitative estimate of drug-likeness (QED) is 0.256. The lowest BCUT2D eigenvalue weighted by Crippen LogP contribution is -1.93. The van der Waals surface area contributed by atoms with Crippen molar-refractivity contribution in [3.8, 4) is 0 Å². The zero-order valence-corrected chi connectivity index (χ0v) is 14.1. The first-order chi connectivity index (χ1) is 11.2. The molecular weight excluding hydrogens is 307 g/mol. The summed E-state index contributed by atoms with van der Waals surface area (Å²) in [5.41, 5.74) is 1.48. The molecule has 23 heavy (non-hydrogen) atoms. The Morgan fingerprint density at radius 1 is 1.04 bits per heavy atom. The molecule has 0 bridgehead atoms. The summed E-state index contributed by atoms with van der Waals surface area (Å²) >= 11 is 1.87. The van der Waals surface area contributed by atoms with Gasteiger partial charge in [0.15, 0.2) is 5.78 Å². The van der Waals surface area contributed by atoms with Gasteiger partial charge in [0, 0.05) is 10.5 Å². The molecule has 0 aromatic heterocycles.